The number of rotatable bonds is 12. The van der Waals surface area contributed by atoms with E-state index in [1.54, 1.807) is 7.11 Å². The Bertz CT molecular complexity index is 605. The average molecular weight is 362 g/mol. The predicted molar refractivity (Wildman–Crippen MR) is 98.8 cm³/mol. The molecule has 0 unspecified atom stereocenters. The highest BCUT2D eigenvalue weighted by atomic mass is 16.6. The Balaban J connectivity index is 2.34. The summed E-state index contributed by atoms with van der Waals surface area (Å²) in [6.07, 6.45) is 1.51. The van der Waals surface area contributed by atoms with Gasteiger partial charge in [0.25, 0.3) is 0 Å². The second-order valence-corrected chi connectivity index (χ2v) is 5.51. The molecule has 7 heteroatoms. The number of ether oxygens (including phenoxy) is 4. The summed E-state index contributed by atoms with van der Waals surface area (Å²) in [6, 6.07) is 9.37. The molecule has 0 aliphatic carbocycles. The van der Waals surface area contributed by atoms with Gasteiger partial charge in [0.1, 0.15) is 18.2 Å². The lowest BCUT2D eigenvalue weighted by Crippen LogP contribution is -2.14. The molecule has 0 spiro atoms. The van der Waals surface area contributed by atoms with Crippen molar-refractivity contribution in [3.63, 3.8) is 0 Å². The first-order chi connectivity index (χ1) is 12.6. The maximum Gasteiger partial charge on any atom is 0.348 e. The number of carbonyl (C=O) groups is 1. The van der Waals surface area contributed by atoms with Crippen LogP contribution in [0, 0.1) is 11.3 Å². The number of benzene rings is 1. The first kappa shape index (κ1) is 21.6. The number of carbonyl (C=O) groups excluding carboxylic acids is 1. The molecule has 0 heterocycles. The summed E-state index contributed by atoms with van der Waals surface area (Å²) in [5, 5.41) is 9.16. The molecule has 0 saturated carbocycles. The molecule has 26 heavy (non-hydrogen) atoms. The fourth-order valence-electron chi connectivity index (χ4n) is 1.91. The molecule has 0 bridgehead atoms. The third-order valence-corrected chi connectivity index (χ3v) is 3.33. The Labute approximate surface area is 154 Å². The van der Waals surface area contributed by atoms with Crippen molar-refractivity contribution in [3.05, 3.63) is 35.4 Å². The van der Waals surface area contributed by atoms with Gasteiger partial charge in [-0.3, -0.25) is 0 Å². The van der Waals surface area contributed by atoms with Crippen molar-refractivity contribution in [2.45, 2.75) is 0 Å². The molecule has 0 aromatic heterocycles. The SMILES string of the molecule is COCCOCCOCCOC(=O)/C(C#N)=C/c1ccc(N(C)C)cc1. The minimum Gasteiger partial charge on any atom is -0.459 e. The second kappa shape index (κ2) is 12.9. The largest absolute Gasteiger partial charge is 0.459 e. The summed E-state index contributed by atoms with van der Waals surface area (Å²) in [5.74, 6) is -0.663. The van der Waals surface area contributed by atoms with Gasteiger partial charge in [0, 0.05) is 26.9 Å². The lowest BCUT2D eigenvalue weighted by Gasteiger charge is -2.11. The molecule has 0 aliphatic rings. The first-order valence-electron chi connectivity index (χ1n) is 8.29. The summed E-state index contributed by atoms with van der Waals surface area (Å²) >= 11 is 0. The van der Waals surface area contributed by atoms with Crippen molar-refractivity contribution in [1.29, 1.82) is 5.26 Å². The van der Waals surface area contributed by atoms with Crippen LogP contribution in [0.3, 0.4) is 0 Å². The monoisotopic (exact) mass is 362 g/mol. The van der Waals surface area contributed by atoms with E-state index >= 15 is 0 Å². The van der Waals surface area contributed by atoms with E-state index in [9.17, 15) is 4.79 Å². The van der Waals surface area contributed by atoms with Crippen molar-refractivity contribution in [1.82, 2.24) is 0 Å². The summed E-state index contributed by atoms with van der Waals surface area (Å²) in [4.78, 5) is 13.9. The number of hydrogen-bond acceptors (Lipinski definition) is 7. The molecule has 7 nitrogen and oxygen atoms in total. The van der Waals surface area contributed by atoms with Gasteiger partial charge in [0.05, 0.1) is 33.0 Å². The van der Waals surface area contributed by atoms with Gasteiger partial charge in [-0.2, -0.15) is 5.26 Å². The third kappa shape index (κ3) is 8.62. The number of nitrogens with zero attached hydrogens (tertiary/aromatic N) is 2. The van der Waals surface area contributed by atoms with E-state index in [-0.39, 0.29) is 18.8 Å². The van der Waals surface area contributed by atoms with Gasteiger partial charge in [-0.05, 0) is 23.8 Å². The summed E-state index contributed by atoms with van der Waals surface area (Å²) in [5.41, 5.74) is 1.74. The van der Waals surface area contributed by atoms with Crippen LogP contribution in [0.4, 0.5) is 5.69 Å². The van der Waals surface area contributed by atoms with Crippen molar-refractivity contribution in [3.8, 4) is 6.07 Å². The molecule has 142 valence electrons. The van der Waals surface area contributed by atoms with Crippen molar-refractivity contribution in [2.75, 3.05) is 65.7 Å². The second-order valence-electron chi connectivity index (χ2n) is 5.51. The molecule has 0 amide bonds. The highest BCUT2D eigenvalue weighted by Crippen LogP contribution is 2.15. The Morgan fingerprint density at radius 3 is 2.15 bits per heavy atom. The van der Waals surface area contributed by atoms with E-state index in [0.29, 0.717) is 26.4 Å². The minimum atomic E-state index is -0.663. The number of anilines is 1. The molecule has 0 aliphatic heterocycles. The zero-order chi connectivity index (χ0) is 19.2. The van der Waals surface area contributed by atoms with E-state index in [2.05, 4.69) is 0 Å². The fraction of sp³-hybridized carbons (Fsp3) is 0.474. The average Bonchev–Trinajstić information content (AvgIpc) is 2.65. The van der Waals surface area contributed by atoms with Crippen LogP contribution < -0.4 is 4.90 Å². The summed E-state index contributed by atoms with van der Waals surface area (Å²) in [6.45, 7) is 2.23. The molecular weight excluding hydrogens is 336 g/mol. The molecule has 0 fully saturated rings. The zero-order valence-electron chi connectivity index (χ0n) is 15.6. The molecule has 0 atom stereocenters. The van der Waals surface area contributed by atoms with Crippen LogP contribution in [-0.4, -0.2) is 66.8 Å². The smallest absolute Gasteiger partial charge is 0.348 e. The van der Waals surface area contributed by atoms with Gasteiger partial charge in [-0.1, -0.05) is 12.1 Å². The van der Waals surface area contributed by atoms with Gasteiger partial charge in [0.2, 0.25) is 0 Å². The Kier molecular flexibility index (Phi) is 10.7. The van der Waals surface area contributed by atoms with Crippen LogP contribution in [0.1, 0.15) is 5.56 Å². The van der Waals surface area contributed by atoms with E-state index in [4.69, 9.17) is 24.2 Å². The normalized spacial score (nSPS) is 11.1. The Morgan fingerprint density at radius 2 is 1.62 bits per heavy atom. The third-order valence-electron chi connectivity index (χ3n) is 3.33. The quantitative estimate of drug-likeness (QED) is 0.243. The van der Waals surface area contributed by atoms with Gasteiger partial charge >= 0.3 is 5.97 Å². The molecular formula is C19H26N2O5. The van der Waals surface area contributed by atoms with Crippen LogP contribution in [0.2, 0.25) is 0 Å². The van der Waals surface area contributed by atoms with Gasteiger partial charge in [-0.25, -0.2) is 4.79 Å². The molecule has 0 saturated heterocycles. The van der Waals surface area contributed by atoms with Crippen molar-refractivity contribution < 1.29 is 23.7 Å². The number of hydrogen-bond donors (Lipinski definition) is 0. The lowest BCUT2D eigenvalue weighted by atomic mass is 10.1. The Morgan fingerprint density at radius 1 is 1.04 bits per heavy atom. The standard InChI is InChI=1S/C19H26N2O5/c1-21(2)18-6-4-16(5-7-18)14-17(15-20)19(22)26-13-12-25-11-10-24-9-8-23-3/h4-7,14H,8-13H2,1-3H3/b17-14+. The van der Waals surface area contributed by atoms with Crippen LogP contribution in [-0.2, 0) is 23.7 Å². The molecule has 0 N–H and O–H groups in total. The minimum absolute atomic E-state index is 0.0505. The summed E-state index contributed by atoms with van der Waals surface area (Å²) in [7, 11) is 5.49. The molecule has 1 rings (SSSR count). The maximum absolute atomic E-state index is 11.9. The van der Waals surface area contributed by atoms with Crippen molar-refractivity contribution in [2.24, 2.45) is 0 Å². The van der Waals surface area contributed by atoms with E-state index < -0.39 is 5.97 Å². The lowest BCUT2D eigenvalue weighted by molar-refractivity contribution is -0.140. The Hall–Kier alpha value is -2.40. The van der Waals surface area contributed by atoms with Crippen molar-refractivity contribution >= 4 is 17.7 Å². The van der Waals surface area contributed by atoms with Crippen LogP contribution in [0.5, 0.6) is 0 Å². The number of esters is 1. The highest BCUT2D eigenvalue weighted by Gasteiger charge is 2.10. The highest BCUT2D eigenvalue weighted by molar-refractivity contribution is 5.97. The molecule has 1 aromatic rings. The van der Waals surface area contributed by atoms with Gasteiger partial charge in [0.15, 0.2) is 0 Å². The zero-order valence-corrected chi connectivity index (χ0v) is 15.6. The predicted octanol–water partition coefficient (Wildman–Crippen LogP) is 1.88. The van der Waals surface area contributed by atoms with E-state index in [0.717, 1.165) is 11.3 Å². The van der Waals surface area contributed by atoms with Gasteiger partial charge in [-0.15, -0.1) is 0 Å². The number of methoxy groups -OCH3 is 1. The first-order valence-corrected chi connectivity index (χ1v) is 8.29. The summed E-state index contributed by atoms with van der Waals surface area (Å²) < 4.78 is 20.4. The maximum atomic E-state index is 11.9. The fourth-order valence-corrected chi connectivity index (χ4v) is 1.91. The molecule has 1 aromatic carbocycles. The topological polar surface area (TPSA) is 81.0 Å². The van der Waals surface area contributed by atoms with Crippen LogP contribution >= 0.6 is 0 Å². The van der Waals surface area contributed by atoms with Gasteiger partial charge < -0.3 is 23.8 Å². The number of nitriles is 1. The van der Waals surface area contributed by atoms with Crippen LogP contribution in [0.15, 0.2) is 29.8 Å². The van der Waals surface area contributed by atoms with E-state index in [1.807, 2.05) is 49.3 Å². The van der Waals surface area contributed by atoms with E-state index in [1.165, 1.54) is 6.08 Å². The van der Waals surface area contributed by atoms with Crippen LogP contribution in [0.25, 0.3) is 6.08 Å². The molecule has 0 radical (unpaired) electrons.